The van der Waals surface area contributed by atoms with E-state index in [9.17, 15) is 0 Å². The second kappa shape index (κ2) is 7.84. The summed E-state index contributed by atoms with van der Waals surface area (Å²) in [5.41, 5.74) is 5.95. The lowest BCUT2D eigenvalue weighted by molar-refractivity contribution is 0.645. The lowest BCUT2D eigenvalue weighted by atomic mass is 10.1. The van der Waals surface area contributed by atoms with Crippen LogP contribution in [0, 0.1) is 20.8 Å². The minimum atomic E-state index is 0.540. The molecule has 0 bridgehead atoms. The molecule has 0 atom stereocenters. The Kier molecular flexibility index (Phi) is 5.10. The first-order valence-electron chi connectivity index (χ1n) is 9.70. The number of aromatic nitrogens is 3. The van der Waals surface area contributed by atoms with Gasteiger partial charge in [0.1, 0.15) is 0 Å². The van der Waals surface area contributed by atoms with Gasteiger partial charge in [0.15, 0.2) is 5.82 Å². The Bertz CT molecular complexity index is 925. The molecule has 1 aromatic heterocycles. The van der Waals surface area contributed by atoms with Crippen LogP contribution in [0.5, 0.6) is 0 Å². The first-order chi connectivity index (χ1) is 13.6. The van der Waals surface area contributed by atoms with Crippen molar-refractivity contribution in [2.24, 2.45) is 0 Å². The van der Waals surface area contributed by atoms with Gasteiger partial charge in [-0.15, -0.1) is 5.10 Å². The highest BCUT2D eigenvalue weighted by molar-refractivity contribution is 5.64. The Morgan fingerprint density at radius 2 is 1.50 bits per heavy atom. The number of aryl methyl sites for hydroxylation is 3. The minimum Gasteiger partial charge on any atom is -0.368 e. The molecule has 28 heavy (non-hydrogen) atoms. The largest absolute Gasteiger partial charge is 0.368 e. The molecule has 2 aromatic carbocycles. The van der Waals surface area contributed by atoms with Crippen molar-refractivity contribution in [1.82, 2.24) is 15.2 Å². The number of hydrogen-bond acceptors (Lipinski definition) is 6. The molecule has 4 rings (SSSR count). The van der Waals surface area contributed by atoms with Crippen molar-refractivity contribution in [3.05, 3.63) is 65.4 Å². The molecule has 0 radical (unpaired) electrons. The van der Waals surface area contributed by atoms with E-state index in [4.69, 9.17) is 4.98 Å². The van der Waals surface area contributed by atoms with Crippen molar-refractivity contribution in [3.63, 3.8) is 0 Å². The van der Waals surface area contributed by atoms with Gasteiger partial charge in [-0.05, 0) is 44.0 Å². The number of piperazine rings is 1. The molecule has 0 saturated carbocycles. The van der Waals surface area contributed by atoms with E-state index in [-0.39, 0.29) is 0 Å². The smallest absolute Gasteiger partial charge is 0.249 e. The van der Waals surface area contributed by atoms with E-state index in [2.05, 4.69) is 88.5 Å². The fraction of sp³-hybridized carbons (Fsp3) is 0.318. The predicted octanol–water partition coefficient (Wildman–Crippen LogP) is 3.87. The summed E-state index contributed by atoms with van der Waals surface area (Å²) >= 11 is 0. The molecule has 1 aliphatic rings. The maximum Gasteiger partial charge on any atom is 0.249 e. The Hall–Kier alpha value is -3.15. The van der Waals surface area contributed by atoms with E-state index in [1.807, 2.05) is 0 Å². The van der Waals surface area contributed by atoms with Gasteiger partial charge in [-0.3, -0.25) is 0 Å². The molecule has 0 unspecified atom stereocenters. The number of nitrogens with one attached hydrogen (secondary N) is 1. The monoisotopic (exact) mass is 374 g/mol. The van der Waals surface area contributed by atoms with E-state index >= 15 is 0 Å². The standard InChI is InChI=1S/C22H26N6/c1-16-13-17(2)21(18(3)14-16)25-22-24-20(15-23-26-22)28-11-9-27(10-12-28)19-7-5-4-6-8-19/h4-8,13-15H,9-12H2,1-3H3,(H,24,25,26). The fourth-order valence-corrected chi connectivity index (χ4v) is 3.82. The maximum atomic E-state index is 4.72. The van der Waals surface area contributed by atoms with Crippen molar-refractivity contribution in [2.75, 3.05) is 41.3 Å². The van der Waals surface area contributed by atoms with Crippen LogP contribution in [0.25, 0.3) is 0 Å². The van der Waals surface area contributed by atoms with Gasteiger partial charge in [0, 0.05) is 37.6 Å². The van der Waals surface area contributed by atoms with Crippen LogP contribution in [0.2, 0.25) is 0 Å². The van der Waals surface area contributed by atoms with Crippen LogP contribution in [0.1, 0.15) is 16.7 Å². The summed E-state index contributed by atoms with van der Waals surface area (Å²) in [6.45, 7) is 10.1. The number of hydrogen-bond donors (Lipinski definition) is 1. The lowest BCUT2D eigenvalue weighted by Crippen LogP contribution is -2.46. The number of benzene rings is 2. The third-order valence-corrected chi connectivity index (χ3v) is 5.18. The second-order valence-electron chi connectivity index (χ2n) is 7.35. The van der Waals surface area contributed by atoms with Crippen molar-refractivity contribution < 1.29 is 0 Å². The summed E-state index contributed by atoms with van der Waals surface area (Å²) in [5.74, 6) is 1.41. The summed E-state index contributed by atoms with van der Waals surface area (Å²) in [6.07, 6.45) is 1.75. The molecule has 0 amide bonds. The highest BCUT2D eigenvalue weighted by Crippen LogP contribution is 2.25. The predicted molar refractivity (Wildman–Crippen MR) is 115 cm³/mol. The van der Waals surface area contributed by atoms with Gasteiger partial charge in [0.2, 0.25) is 5.95 Å². The quantitative estimate of drug-likeness (QED) is 0.748. The van der Waals surface area contributed by atoms with Crippen LogP contribution in [0.3, 0.4) is 0 Å². The summed E-state index contributed by atoms with van der Waals surface area (Å²) in [6, 6.07) is 14.9. The molecule has 2 heterocycles. The Labute approximate surface area is 166 Å². The maximum absolute atomic E-state index is 4.72. The van der Waals surface area contributed by atoms with Crippen molar-refractivity contribution in [1.29, 1.82) is 0 Å². The fourth-order valence-electron chi connectivity index (χ4n) is 3.82. The Balaban J connectivity index is 1.46. The van der Waals surface area contributed by atoms with Gasteiger partial charge in [0.05, 0.1) is 6.20 Å². The average molecular weight is 374 g/mol. The van der Waals surface area contributed by atoms with Crippen LogP contribution in [-0.4, -0.2) is 41.4 Å². The second-order valence-corrected chi connectivity index (χ2v) is 7.35. The summed E-state index contributed by atoms with van der Waals surface area (Å²) in [5, 5.41) is 11.7. The first kappa shape index (κ1) is 18.2. The minimum absolute atomic E-state index is 0.540. The van der Waals surface area contributed by atoms with E-state index in [1.54, 1.807) is 6.20 Å². The molecule has 6 heteroatoms. The van der Waals surface area contributed by atoms with Crippen LogP contribution in [0.15, 0.2) is 48.7 Å². The summed E-state index contributed by atoms with van der Waals surface area (Å²) in [7, 11) is 0. The van der Waals surface area contributed by atoms with Gasteiger partial charge < -0.3 is 15.1 Å². The first-order valence-corrected chi connectivity index (χ1v) is 9.70. The van der Waals surface area contributed by atoms with Crippen molar-refractivity contribution in [3.8, 4) is 0 Å². The highest BCUT2D eigenvalue weighted by Gasteiger charge is 2.19. The van der Waals surface area contributed by atoms with Gasteiger partial charge in [-0.25, -0.2) is 0 Å². The molecule has 1 fully saturated rings. The third kappa shape index (κ3) is 3.91. The molecule has 0 aliphatic carbocycles. The van der Waals surface area contributed by atoms with Gasteiger partial charge in [-0.1, -0.05) is 35.9 Å². The molecular weight excluding hydrogens is 348 g/mol. The molecular formula is C22H26N6. The summed E-state index contributed by atoms with van der Waals surface area (Å²) in [4.78, 5) is 9.39. The van der Waals surface area contributed by atoms with Gasteiger partial charge in [0.25, 0.3) is 0 Å². The number of rotatable bonds is 4. The normalized spacial score (nSPS) is 14.2. The molecule has 144 valence electrons. The van der Waals surface area contributed by atoms with Crippen LogP contribution in [-0.2, 0) is 0 Å². The highest BCUT2D eigenvalue weighted by atomic mass is 15.3. The topological polar surface area (TPSA) is 57.2 Å². The van der Waals surface area contributed by atoms with Gasteiger partial charge in [-0.2, -0.15) is 10.1 Å². The number of anilines is 4. The van der Waals surface area contributed by atoms with Crippen LogP contribution < -0.4 is 15.1 Å². The average Bonchev–Trinajstić information content (AvgIpc) is 2.72. The van der Waals surface area contributed by atoms with Crippen LogP contribution in [0.4, 0.5) is 23.1 Å². The molecule has 0 spiro atoms. The van der Waals surface area contributed by atoms with Gasteiger partial charge >= 0.3 is 0 Å². The van der Waals surface area contributed by atoms with Crippen LogP contribution >= 0.6 is 0 Å². The molecule has 6 nitrogen and oxygen atoms in total. The zero-order valence-corrected chi connectivity index (χ0v) is 16.7. The lowest BCUT2D eigenvalue weighted by Gasteiger charge is -2.36. The van der Waals surface area contributed by atoms with E-state index in [0.29, 0.717) is 5.95 Å². The number of para-hydroxylation sites is 1. The molecule has 1 aliphatic heterocycles. The van der Waals surface area contributed by atoms with E-state index in [0.717, 1.165) is 37.7 Å². The molecule has 1 saturated heterocycles. The zero-order chi connectivity index (χ0) is 19.5. The zero-order valence-electron chi connectivity index (χ0n) is 16.7. The SMILES string of the molecule is Cc1cc(C)c(Nc2nncc(N3CCN(c4ccccc4)CC3)n2)c(C)c1. The van der Waals surface area contributed by atoms with Crippen molar-refractivity contribution >= 4 is 23.1 Å². The third-order valence-electron chi connectivity index (χ3n) is 5.18. The number of nitrogens with zero attached hydrogens (tertiary/aromatic N) is 5. The Morgan fingerprint density at radius 1 is 0.857 bits per heavy atom. The molecule has 3 aromatic rings. The molecule has 1 N–H and O–H groups in total. The van der Waals surface area contributed by atoms with E-state index < -0.39 is 0 Å². The van der Waals surface area contributed by atoms with E-state index in [1.165, 1.54) is 22.4 Å². The van der Waals surface area contributed by atoms with Crippen molar-refractivity contribution in [2.45, 2.75) is 20.8 Å². The Morgan fingerprint density at radius 3 is 2.18 bits per heavy atom. The summed E-state index contributed by atoms with van der Waals surface area (Å²) < 4.78 is 0.